The average molecular weight is 495 g/mol. The van der Waals surface area contributed by atoms with Crippen LogP contribution in [0, 0.1) is 0 Å². The number of hydrogen-bond donors (Lipinski definition) is 1. The Bertz CT molecular complexity index is 1400. The third-order valence-electron chi connectivity index (χ3n) is 7.15. The highest BCUT2D eigenvalue weighted by molar-refractivity contribution is 5.99. The minimum Gasteiger partial charge on any atom is -0.475 e. The summed E-state index contributed by atoms with van der Waals surface area (Å²) in [5.74, 6) is 1.29. The summed E-state index contributed by atoms with van der Waals surface area (Å²) >= 11 is 0. The normalized spacial score (nSPS) is 14.5. The fourth-order valence-electron chi connectivity index (χ4n) is 5.09. The second kappa shape index (κ2) is 10.4. The molecule has 0 fully saturated rings. The second-order valence-electron chi connectivity index (χ2n) is 9.47. The minimum absolute atomic E-state index is 0.188. The Kier molecular flexibility index (Phi) is 6.91. The maximum Gasteiger partial charge on any atom is 0.337 e. The molecule has 1 atom stereocenters. The zero-order chi connectivity index (χ0) is 25.8. The van der Waals surface area contributed by atoms with E-state index < -0.39 is 5.60 Å². The number of aromatic amines is 1. The minimum atomic E-state index is -0.853. The van der Waals surface area contributed by atoms with Crippen LogP contribution in [-0.2, 0) is 29.6 Å². The van der Waals surface area contributed by atoms with Gasteiger partial charge in [-0.3, -0.25) is 4.79 Å². The third-order valence-corrected chi connectivity index (χ3v) is 7.15. The molecule has 0 aliphatic heterocycles. The molecule has 0 saturated carbocycles. The van der Waals surface area contributed by atoms with Crippen LogP contribution in [-0.4, -0.2) is 28.8 Å². The average Bonchev–Trinajstić information content (AvgIpc) is 3.49. The Labute approximate surface area is 216 Å². The molecular formula is C31H30N2O4. The molecule has 3 aromatic carbocycles. The molecule has 0 spiro atoms. The summed E-state index contributed by atoms with van der Waals surface area (Å²) in [7, 11) is 1.38. The lowest BCUT2D eigenvalue weighted by Crippen LogP contribution is -2.33. The van der Waals surface area contributed by atoms with Crippen molar-refractivity contribution in [1.29, 1.82) is 0 Å². The van der Waals surface area contributed by atoms with Crippen molar-refractivity contribution >= 4 is 11.8 Å². The van der Waals surface area contributed by atoms with Crippen molar-refractivity contribution in [2.75, 3.05) is 7.11 Å². The van der Waals surface area contributed by atoms with E-state index in [1.807, 2.05) is 61.5 Å². The number of imidazole rings is 1. The van der Waals surface area contributed by atoms with Crippen LogP contribution in [0.25, 0.3) is 0 Å². The van der Waals surface area contributed by atoms with Gasteiger partial charge in [-0.2, -0.15) is 0 Å². The van der Waals surface area contributed by atoms with Crippen molar-refractivity contribution in [1.82, 2.24) is 9.97 Å². The summed E-state index contributed by atoms with van der Waals surface area (Å²) in [5, 5.41) is 0. The van der Waals surface area contributed by atoms with E-state index in [9.17, 15) is 9.59 Å². The molecule has 1 aromatic heterocycles. The number of esters is 1. The van der Waals surface area contributed by atoms with E-state index in [2.05, 4.69) is 9.97 Å². The van der Waals surface area contributed by atoms with Crippen LogP contribution >= 0.6 is 0 Å². The number of ketones is 1. The maximum absolute atomic E-state index is 12.7. The van der Waals surface area contributed by atoms with Crippen LogP contribution in [0.1, 0.15) is 68.6 Å². The number of rotatable bonds is 8. The summed E-state index contributed by atoms with van der Waals surface area (Å²) in [5.41, 5.74) is 4.67. The van der Waals surface area contributed by atoms with Crippen molar-refractivity contribution < 1.29 is 19.1 Å². The SMILES string of the molecule is COC(=O)c1ccc(CCc2c(O[C@@](C)(c3ccccc3)c3ncc[nH]3)ccc3c2CCCC3=O)cc1. The highest BCUT2D eigenvalue weighted by Crippen LogP contribution is 2.38. The van der Waals surface area contributed by atoms with Crippen LogP contribution in [0.5, 0.6) is 5.75 Å². The van der Waals surface area contributed by atoms with Gasteiger partial charge in [-0.1, -0.05) is 42.5 Å². The standard InChI is InChI=1S/C31H30N2O4/c1-31(30-32-19-20-33-30,23-7-4-3-5-8-23)37-28-18-17-25-24(9-6-10-27(25)34)26(28)16-13-21-11-14-22(15-12-21)29(35)36-2/h3-5,7-8,11-12,14-15,17-20H,6,9-10,13,16H2,1-2H3,(H,32,33)/t31-/m0/s1. The Balaban J connectivity index is 1.52. The van der Waals surface area contributed by atoms with E-state index in [1.54, 1.807) is 24.5 Å². The van der Waals surface area contributed by atoms with Gasteiger partial charge in [0.15, 0.2) is 17.2 Å². The van der Waals surface area contributed by atoms with Crippen LogP contribution < -0.4 is 4.74 Å². The van der Waals surface area contributed by atoms with Gasteiger partial charge in [0, 0.05) is 29.9 Å². The predicted octanol–water partition coefficient (Wildman–Crippen LogP) is 5.84. The molecule has 188 valence electrons. The number of ether oxygens (including phenoxy) is 2. The van der Waals surface area contributed by atoms with E-state index in [0.29, 0.717) is 24.2 Å². The Morgan fingerprint density at radius 1 is 1.00 bits per heavy atom. The molecule has 6 heteroatoms. The van der Waals surface area contributed by atoms with Gasteiger partial charge in [-0.15, -0.1) is 0 Å². The molecule has 0 radical (unpaired) electrons. The number of aromatic nitrogens is 2. The molecule has 4 aromatic rings. The summed E-state index contributed by atoms with van der Waals surface area (Å²) in [6.07, 6.45) is 7.23. The fraction of sp³-hybridized carbons (Fsp3) is 0.258. The van der Waals surface area contributed by atoms with Crippen LogP contribution in [0.2, 0.25) is 0 Å². The number of nitrogens with one attached hydrogen (secondary N) is 1. The van der Waals surface area contributed by atoms with Gasteiger partial charge in [-0.25, -0.2) is 9.78 Å². The van der Waals surface area contributed by atoms with Crippen LogP contribution in [0.3, 0.4) is 0 Å². The van der Waals surface area contributed by atoms with Gasteiger partial charge in [0.1, 0.15) is 5.75 Å². The molecular weight excluding hydrogens is 464 g/mol. The number of aryl methyl sites for hydroxylation is 1. The summed E-state index contributed by atoms with van der Waals surface area (Å²) in [4.78, 5) is 32.3. The van der Waals surface area contributed by atoms with E-state index in [0.717, 1.165) is 52.8 Å². The van der Waals surface area contributed by atoms with Gasteiger partial charge >= 0.3 is 5.97 Å². The smallest absolute Gasteiger partial charge is 0.337 e. The molecule has 1 N–H and O–H groups in total. The lowest BCUT2D eigenvalue weighted by atomic mass is 9.84. The topological polar surface area (TPSA) is 81.3 Å². The molecule has 37 heavy (non-hydrogen) atoms. The number of fused-ring (bicyclic) bond motifs is 1. The highest BCUT2D eigenvalue weighted by Gasteiger charge is 2.35. The van der Waals surface area contributed by atoms with Crippen LogP contribution in [0.4, 0.5) is 0 Å². The number of methoxy groups -OCH3 is 1. The number of nitrogens with zero attached hydrogens (tertiary/aromatic N) is 1. The Morgan fingerprint density at radius 2 is 1.78 bits per heavy atom. The van der Waals surface area contributed by atoms with Gasteiger partial charge in [0.2, 0.25) is 0 Å². The quantitative estimate of drug-likeness (QED) is 0.311. The number of carbonyl (C=O) groups excluding carboxylic acids is 2. The van der Waals surface area contributed by atoms with Crippen molar-refractivity contribution in [3.63, 3.8) is 0 Å². The Hall–Kier alpha value is -4.19. The number of benzene rings is 3. The number of carbonyl (C=O) groups is 2. The van der Waals surface area contributed by atoms with Crippen molar-refractivity contribution in [2.45, 2.75) is 44.6 Å². The van der Waals surface area contributed by atoms with Gasteiger partial charge in [0.05, 0.1) is 12.7 Å². The molecule has 5 rings (SSSR count). The van der Waals surface area contributed by atoms with Crippen molar-refractivity contribution in [3.8, 4) is 5.75 Å². The van der Waals surface area contributed by atoms with E-state index in [-0.39, 0.29) is 11.8 Å². The lowest BCUT2D eigenvalue weighted by molar-refractivity contribution is 0.0600. The maximum atomic E-state index is 12.7. The number of H-pyrrole nitrogens is 1. The molecule has 0 bridgehead atoms. The zero-order valence-electron chi connectivity index (χ0n) is 21.1. The second-order valence-corrected chi connectivity index (χ2v) is 9.47. The van der Waals surface area contributed by atoms with E-state index >= 15 is 0 Å². The molecule has 0 unspecified atom stereocenters. The van der Waals surface area contributed by atoms with Gasteiger partial charge < -0.3 is 14.5 Å². The van der Waals surface area contributed by atoms with Crippen molar-refractivity contribution in [2.24, 2.45) is 0 Å². The third kappa shape index (κ3) is 4.92. The molecule has 0 amide bonds. The Morgan fingerprint density at radius 3 is 2.49 bits per heavy atom. The summed E-state index contributed by atoms with van der Waals surface area (Å²) in [6, 6.07) is 21.3. The first-order valence-corrected chi connectivity index (χ1v) is 12.6. The number of Topliss-reactive ketones (excluding diaryl/α,β-unsaturated/α-hetero) is 1. The summed E-state index contributed by atoms with van der Waals surface area (Å²) in [6.45, 7) is 2.01. The predicted molar refractivity (Wildman–Crippen MR) is 141 cm³/mol. The number of hydrogen-bond acceptors (Lipinski definition) is 5. The molecule has 1 aliphatic carbocycles. The van der Waals surface area contributed by atoms with Crippen molar-refractivity contribution in [3.05, 3.63) is 118 Å². The van der Waals surface area contributed by atoms with Crippen LogP contribution in [0.15, 0.2) is 79.1 Å². The molecule has 0 saturated heterocycles. The molecule has 6 nitrogen and oxygen atoms in total. The highest BCUT2D eigenvalue weighted by atomic mass is 16.5. The fourth-order valence-corrected chi connectivity index (χ4v) is 5.09. The molecule has 1 aliphatic rings. The molecule has 1 heterocycles. The lowest BCUT2D eigenvalue weighted by Gasteiger charge is -2.32. The zero-order valence-corrected chi connectivity index (χ0v) is 21.1. The van der Waals surface area contributed by atoms with E-state index in [1.165, 1.54) is 7.11 Å². The largest absolute Gasteiger partial charge is 0.475 e. The van der Waals surface area contributed by atoms with E-state index in [4.69, 9.17) is 9.47 Å². The van der Waals surface area contributed by atoms with Gasteiger partial charge in [-0.05, 0) is 73.6 Å². The first-order valence-electron chi connectivity index (χ1n) is 12.6. The summed E-state index contributed by atoms with van der Waals surface area (Å²) < 4.78 is 11.7. The monoisotopic (exact) mass is 494 g/mol. The first kappa shape index (κ1) is 24.5. The van der Waals surface area contributed by atoms with Gasteiger partial charge in [0.25, 0.3) is 0 Å². The first-order chi connectivity index (χ1) is 18.0.